The van der Waals surface area contributed by atoms with E-state index in [1.807, 2.05) is 15.8 Å². The third-order valence-corrected chi connectivity index (χ3v) is 4.91. The second kappa shape index (κ2) is 7.76. The van der Waals surface area contributed by atoms with E-state index in [1.54, 1.807) is 19.2 Å². The minimum Gasteiger partial charge on any atom is -0.378 e. The van der Waals surface area contributed by atoms with Crippen LogP contribution in [0.2, 0.25) is 0 Å². The molecule has 8 heteroatoms. The summed E-state index contributed by atoms with van der Waals surface area (Å²) in [5.41, 5.74) is 0.786. The molecule has 0 bridgehead atoms. The molecule has 1 fully saturated rings. The molecule has 1 aromatic carbocycles. The summed E-state index contributed by atoms with van der Waals surface area (Å²) >= 11 is 1.42. The Kier molecular flexibility index (Phi) is 5.47. The Morgan fingerprint density at radius 1 is 1.42 bits per heavy atom. The van der Waals surface area contributed by atoms with E-state index >= 15 is 0 Å². The van der Waals surface area contributed by atoms with Crippen molar-refractivity contribution < 1.29 is 13.9 Å². The van der Waals surface area contributed by atoms with Gasteiger partial charge in [-0.05, 0) is 30.7 Å². The minimum atomic E-state index is -0.270. The quantitative estimate of drug-likeness (QED) is 0.747. The highest BCUT2D eigenvalue weighted by atomic mass is 32.2. The largest absolute Gasteiger partial charge is 0.378 e. The number of nitrogens with zero attached hydrogens (tertiary/aromatic N) is 4. The van der Waals surface area contributed by atoms with Crippen LogP contribution in [0.25, 0.3) is 0 Å². The molecule has 1 atom stereocenters. The van der Waals surface area contributed by atoms with Crippen molar-refractivity contribution in [1.29, 1.82) is 0 Å². The second-order valence-electron chi connectivity index (χ2n) is 5.65. The monoisotopic (exact) mass is 350 g/mol. The molecule has 2 aromatic rings. The second-order valence-corrected chi connectivity index (χ2v) is 6.70. The van der Waals surface area contributed by atoms with E-state index in [0.29, 0.717) is 25.4 Å². The average molecular weight is 350 g/mol. The maximum atomic E-state index is 12.9. The Morgan fingerprint density at radius 2 is 2.21 bits per heavy atom. The summed E-state index contributed by atoms with van der Waals surface area (Å²) in [4.78, 5) is 15.1. The molecular weight excluding hydrogens is 331 g/mol. The number of carbonyl (C=O) groups is 1. The lowest BCUT2D eigenvalue weighted by Crippen LogP contribution is -2.30. The SMILES string of the molecule is COCc1cn(C2CCN(C(=O)CSc3ccc(F)cc3)C2)nn1. The number of ether oxygens (including phenoxy) is 1. The first kappa shape index (κ1) is 16.9. The zero-order valence-corrected chi connectivity index (χ0v) is 14.2. The molecule has 3 rings (SSSR count). The number of hydrogen-bond acceptors (Lipinski definition) is 5. The topological polar surface area (TPSA) is 60.2 Å². The van der Waals surface area contributed by atoms with E-state index in [1.165, 1.54) is 23.9 Å². The average Bonchev–Trinajstić information content (AvgIpc) is 3.23. The van der Waals surface area contributed by atoms with Gasteiger partial charge in [-0.25, -0.2) is 9.07 Å². The summed E-state index contributed by atoms with van der Waals surface area (Å²) in [6.45, 7) is 1.79. The Bertz CT molecular complexity index is 692. The molecule has 128 valence electrons. The van der Waals surface area contributed by atoms with Gasteiger partial charge in [0, 0.05) is 25.1 Å². The summed E-state index contributed by atoms with van der Waals surface area (Å²) in [7, 11) is 1.62. The number of halogens is 1. The van der Waals surface area contributed by atoms with Crippen molar-refractivity contribution in [3.63, 3.8) is 0 Å². The lowest BCUT2D eigenvalue weighted by molar-refractivity contribution is -0.127. The molecule has 0 spiro atoms. The first-order valence-electron chi connectivity index (χ1n) is 7.71. The Morgan fingerprint density at radius 3 is 2.96 bits per heavy atom. The van der Waals surface area contributed by atoms with Crippen LogP contribution in [0, 0.1) is 5.82 Å². The third-order valence-electron chi connectivity index (χ3n) is 3.92. The van der Waals surface area contributed by atoms with Gasteiger partial charge in [0.1, 0.15) is 11.5 Å². The van der Waals surface area contributed by atoms with E-state index in [4.69, 9.17) is 4.74 Å². The van der Waals surface area contributed by atoms with Crippen molar-refractivity contribution in [2.45, 2.75) is 24.0 Å². The smallest absolute Gasteiger partial charge is 0.233 e. The molecule has 1 aliphatic heterocycles. The van der Waals surface area contributed by atoms with Crippen molar-refractivity contribution in [3.05, 3.63) is 42.0 Å². The van der Waals surface area contributed by atoms with Crippen LogP contribution in [0.4, 0.5) is 4.39 Å². The number of benzene rings is 1. The molecule has 1 saturated heterocycles. The molecular formula is C16H19FN4O2S. The van der Waals surface area contributed by atoms with Gasteiger partial charge < -0.3 is 9.64 Å². The van der Waals surface area contributed by atoms with Crippen LogP contribution < -0.4 is 0 Å². The number of likely N-dealkylation sites (tertiary alicyclic amines) is 1. The fraction of sp³-hybridized carbons (Fsp3) is 0.438. The Balaban J connectivity index is 1.50. The minimum absolute atomic E-state index is 0.0871. The molecule has 1 aromatic heterocycles. The van der Waals surface area contributed by atoms with Crippen molar-refractivity contribution >= 4 is 17.7 Å². The summed E-state index contributed by atoms with van der Waals surface area (Å²) in [5.74, 6) is 0.169. The Hall–Kier alpha value is -1.93. The molecule has 1 aliphatic rings. The maximum absolute atomic E-state index is 12.9. The number of thioether (sulfide) groups is 1. The highest BCUT2D eigenvalue weighted by Crippen LogP contribution is 2.24. The van der Waals surface area contributed by atoms with Gasteiger partial charge in [-0.2, -0.15) is 0 Å². The maximum Gasteiger partial charge on any atom is 0.233 e. The first-order chi connectivity index (χ1) is 11.7. The Labute approximate surface area is 144 Å². The lowest BCUT2D eigenvalue weighted by atomic mass is 10.3. The van der Waals surface area contributed by atoms with Crippen molar-refractivity contribution in [2.24, 2.45) is 0 Å². The zero-order valence-electron chi connectivity index (χ0n) is 13.4. The normalized spacial score (nSPS) is 17.4. The number of methoxy groups -OCH3 is 1. The number of carbonyl (C=O) groups excluding carboxylic acids is 1. The molecule has 6 nitrogen and oxygen atoms in total. The van der Waals surface area contributed by atoms with Crippen molar-refractivity contribution in [3.8, 4) is 0 Å². The van der Waals surface area contributed by atoms with Gasteiger partial charge >= 0.3 is 0 Å². The van der Waals surface area contributed by atoms with E-state index in [9.17, 15) is 9.18 Å². The summed E-state index contributed by atoms with van der Waals surface area (Å²) in [5, 5.41) is 8.17. The molecule has 1 unspecified atom stereocenters. The van der Waals surface area contributed by atoms with Gasteiger partial charge in [0.25, 0.3) is 0 Å². The van der Waals surface area contributed by atoms with Crippen LogP contribution in [0.5, 0.6) is 0 Å². The van der Waals surface area contributed by atoms with E-state index in [0.717, 1.165) is 17.0 Å². The van der Waals surface area contributed by atoms with E-state index in [2.05, 4.69) is 10.3 Å². The van der Waals surface area contributed by atoms with Crippen LogP contribution in [-0.4, -0.2) is 51.8 Å². The molecule has 2 heterocycles. The fourth-order valence-electron chi connectivity index (χ4n) is 2.66. The van der Waals surface area contributed by atoms with E-state index < -0.39 is 0 Å². The predicted octanol–water partition coefficient (Wildman–Crippen LogP) is 2.13. The van der Waals surface area contributed by atoms with Gasteiger partial charge in [-0.15, -0.1) is 16.9 Å². The van der Waals surface area contributed by atoms with Gasteiger partial charge in [0.05, 0.1) is 24.6 Å². The fourth-order valence-corrected chi connectivity index (χ4v) is 3.46. The van der Waals surface area contributed by atoms with Gasteiger partial charge in [-0.3, -0.25) is 4.79 Å². The molecule has 24 heavy (non-hydrogen) atoms. The molecule has 1 amide bonds. The zero-order chi connectivity index (χ0) is 16.9. The standard InChI is InChI=1S/C16H19FN4O2S/c1-23-10-13-8-21(19-18-13)14-6-7-20(9-14)16(22)11-24-15-4-2-12(17)3-5-15/h2-5,8,14H,6-7,9-11H2,1H3. The van der Waals surface area contributed by atoms with Crippen LogP contribution in [0.3, 0.4) is 0 Å². The molecule has 0 saturated carbocycles. The number of aromatic nitrogens is 3. The lowest BCUT2D eigenvalue weighted by Gasteiger charge is -2.16. The van der Waals surface area contributed by atoms with E-state index in [-0.39, 0.29) is 17.8 Å². The number of rotatable bonds is 6. The van der Waals surface area contributed by atoms with Gasteiger partial charge in [0.15, 0.2) is 0 Å². The van der Waals surface area contributed by atoms with Gasteiger partial charge in [0.2, 0.25) is 5.91 Å². The highest BCUT2D eigenvalue weighted by Gasteiger charge is 2.28. The predicted molar refractivity (Wildman–Crippen MR) is 88.1 cm³/mol. The molecule has 0 radical (unpaired) electrons. The molecule has 0 N–H and O–H groups in total. The van der Waals surface area contributed by atoms with Crippen molar-refractivity contribution in [1.82, 2.24) is 19.9 Å². The number of amides is 1. The van der Waals surface area contributed by atoms with Crippen LogP contribution >= 0.6 is 11.8 Å². The van der Waals surface area contributed by atoms with Gasteiger partial charge in [-0.1, -0.05) is 5.21 Å². The third kappa shape index (κ3) is 4.12. The van der Waals surface area contributed by atoms with Crippen molar-refractivity contribution in [2.75, 3.05) is 26.0 Å². The first-order valence-corrected chi connectivity index (χ1v) is 8.70. The summed E-state index contributed by atoms with van der Waals surface area (Å²) in [6, 6.07) is 6.34. The van der Waals surface area contributed by atoms with Crippen LogP contribution in [0.15, 0.2) is 35.4 Å². The van der Waals surface area contributed by atoms with Crippen LogP contribution in [-0.2, 0) is 16.1 Å². The summed E-state index contributed by atoms with van der Waals surface area (Å²) < 4.78 is 19.7. The molecule has 0 aliphatic carbocycles. The summed E-state index contributed by atoms with van der Waals surface area (Å²) in [6.07, 6.45) is 2.73. The highest BCUT2D eigenvalue weighted by molar-refractivity contribution is 8.00. The van der Waals surface area contributed by atoms with Crippen LogP contribution in [0.1, 0.15) is 18.2 Å². The number of hydrogen-bond donors (Lipinski definition) is 0.